The van der Waals surface area contributed by atoms with Crippen molar-refractivity contribution in [1.82, 2.24) is 5.32 Å². The van der Waals surface area contributed by atoms with Crippen molar-refractivity contribution in [2.45, 2.75) is 19.9 Å². The number of hydrogen-bond acceptors (Lipinski definition) is 2. The summed E-state index contributed by atoms with van der Waals surface area (Å²) in [4.78, 5) is 13.7. The molecule has 0 radical (unpaired) electrons. The maximum absolute atomic E-state index is 12.0. The van der Waals surface area contributed by atoms with Crippen LogP contribution in [-0.2, 0) is 4.79 Å². The summed E-state index contributed by atoms with van der Waals surface area (Å²) in [7, 11) is 1.84. The molecule has 1 unspecified atom stereocenters. The van der Waals surface area contributed by atoms with Crippen molar-refractivity contribution in [3.8, 4) is 0 Å². The number of likely N-dealkylation sites (N-methyl/N-ethyl adjacent to an activating group) is 2. The number of anilines is 1. The zero-order valence-electron chi connectivity index (χ0n) is 9.37. The van der Waals surface area contributed by atoms with Gasteiger partial charge in [0.05, 0.1) is 5.69 Å². The van der Waals surface area contributed by atoms with Crippen LogP contribution in [-0.4, -0.2) is 19.5 Å². The maximum Gasteiger partial charge on any atom is 0.248 e. The van der Waals surface area contributed by atoms with E-state index in [1.54, 1.807) is 4.90 Å². The number of rotatable bonds is 2. The summed E-state index contributed by atoms with van der Waals surface area (Å²) in [5.74, 6) is 0.140. The number of benzene rings is 1. The predicted molar refractivity (Wildman–Crippen MR) is 61.0 cm³/mol. The van der Waals surface area contributed by atoms with Crippen LogP contribution in [0.4, 0.5) is 5.69 Å². The molecule has 15 heavy (non-hydrogen) atoms. The first kappa shape index (κ1) is 10.2. The van der Waals surface area contributed by atoms with E-state index in [-0.39, 0.29) is 11.9 Å². The molecule has 0 spiro atoms. The number of nitrogens with zero attached hydrogens (tertiary/aromatic N) is 1. The fourth-order valence-corrected chi connectivity index (χ4v) is 2.21. The molecular weight excluding hydrogens is 188 g/mol. The highest BCUT2D eigenvalue weighted by Crippen LogP contribution is 2.36. The quantitative estimate of drug-likeness (QED) is 0.794. The van der Waals surface area contributed by atoms with E-state index in [1.165, 1.54) is 0 Å². The second-order valence-corrected chi connectivity index (χ2v) is 3.90. The van der Waals surface area contributed by atoms with E-state index in [9.17, 15) is 4.79 Å². The normalized spacial score (nSPS) is 19.5. The molecule has 1 N–H and O–H groups in total. The molecular formula is C12H16N2O. The number of carbonyl (C=O) groups excluding carboxylic acids is 1. The smallest absolute Gasteiger partial charge is 0.248 e. The van der Waals surface area contributed by atoms with Gasteiger partial charge < -0.3 is 10.2 Å². The molecule has 1 atom stereocenters. The van der Waals surface area contributed by atoms with Crippen molar-refractivity contribution in [1.29, 1.82) is 0 Å². The van der Waals surface area contributed by atoms with E-state index < -0.39 is 0 Å². The molecule has 0 saturated carbocycles. The SMILES string of the molecule is CCNC1C(=O)N(C)c2c(C)cccc21. The van der Waals surface area contributed by atoms with Crippen molar-refractivity contribution in [2.24, 2.45) is 0 Å². The first-order valence-electron chi connectivity index (χ1n) is 5.27. The van der Waals surface area contributed by atoms with Gasteiger partial charge in [0.2, 0.25) is 5.91 Å². The van der Waals surface area contributed by atoms with Crippen molar-refractivity contribution in [3.05, 3.63) is 29.3 Å². The fourth-order valence-electron chi connectivity index (χ4n) is 2.21. The van der Waals surface area contributed by atoms with E-state index in [4.69, 9.17) is 0 Å². The standard InChI is InChI=1S/C12H16N2O/c1-4-13-10-9-7-5-6-8(2)11(9)14(3)12(10)15/h5-7,10,13H,4H2,1-3H3. The van der Waals surface area contributed by atoms with Crippen LogP contribution in [0.25, 0.3) is 0 Å². The van der Waals surface area contributed by atoms with Gasteiger partial charge in [-0.3, -0.25) is 4.79 Å². The summed E-state index contributed by atoms with van der Waals surface area (Å²) in [5.41, 5.74) is 3.32. The van der Waals surface area contributed by atoms with Gasteiger partial charge in [-0.25, -0.2) is 0 Å². The zero-order valence-corrected chi connectivity index (χ0v) is 9.37. The third kappa shape index (κ3) is 1.43. The van der Waals surface area contributed by atoms with Gasteiger partial charge in [0.25, 0.3) is 0 Å². The van der Waals surface area contributed by atoms with Crippen molar-refractivity contribution >= 4 is 11.6 Å². The lowest BCUT2D eigenvalue weighted by Gasteiger charge is -2.12. The summed E-state index contributed by atoms with van der Waals surface area (Å²) in [6.45, 7) is 4.86. The van der Waals surface area contributed by atoms with Gasteiger partial charge in [0.1, 0.15) is 6.04 Å². The first-order chi connectivity index (χ1) is 7.16. The van der Waals surface area contributed by atoms with E-state index in [1.807, 2.05) is 39.1 Å². The van der Waals surface area contributed by atoms with Crippen LogP contribution in [0.15, 0.2) is 18.2 Å². The Morgan fingerprint density at radius 3 is 2.87 bits per heavy atom. The Balaban J connectivity index is 2.50. The highest BCUT2D eigenvalue weighted by atomic mass is 16.2. The highest BCUT2D eigenvalue weighted by molar-refractivity contribution is 6.05. The topological polar surface area (TPSA) is 32.3 Å². The lowest BCUT2D eigenvalue weighted by Crippen LogP contribution is -2.32. The predicted octanol–water partition coefficient (Wildman–Crippen LogP) is 1.62. The molecule has 1 aliphatic rings. The second kappa shape index (κ2) is 3.66. The van der Waals surface area contributed by atoms with E-state index in [0.29, 0.717) is 0 Å². The number of nitrogens with one attached hydrogen (secondary N) is 1. The van der Waals surface area contributed by atoms with E-state index in [0.717, 1.165) is 23.4 Å². The van der Waals surface area contributed by atoms with Crippen LogP contribution in [0.3, 0.4) is 0 Å². The average molecular weight is 204 g/mol. The Labute approximate surface area is 90.1 Å². The molecule has 3 nitrogen and oxygen atoms in total. The van der Waals surface area contributed by atoms with Gasteiger partial charge in [0.15, 0.2) is 0 Å². The van der Waals surface area contributed by atoms with Crippen LogP contribution in [0.5, 0.6) is 0 Å². The minimum absolute atomic E-state index is 0.140. The van der Waals surface area contributed by atoms with E-state index in [2.05, 4.69) is 5.32 Å². The van der Waals surface area contributed by atoms with Crippen LogP contribution in [0.2, 0.25) is 0 Å². The lowest BCUT2D eigenvalue weighted by atomic mass is 10.1. The summed E-state index contributed by atoms with van der Waals surface area (Å²) >= 11 is 0. The van der Waals surface area contributed by atoms with Gasteiger partial charge in [-0.15, -0.1) is 0 Å². The largest absolute Gasteiger partial charge is 0.313 e. The van der Waals surface area contributed by atoms with Crippen LogP contribution in [0, 0.1) is 6.92 Å². The van der Waals surface area contributed by atoms with Gasteiger partial charge in [-0.1, -0.05) is 25.1 Å². The molecule has 1 aliphatic heterocycles. The molecule has 80 valence electrons. The molecule has 0 fully saturated rings. The van der Waals surface area contributed by atoms with Crippen LogP contribution >= 0.6 is 0 Å². The Bertz CT molecular complexity index is 401. The van der Waals surface area contributed by atoms with Gasteiger partial charge >= 0.3 is 0 Å². The van der Waals surface area contributed by atoms with E-state index >= 15 is 0 Å². The van der Waals surface area contributed by atoms with Crippen LogP contribution < -0.4 is 10.2 Å². The highest BCUT2D eigenvalue weighted by Gasteiger charge is 2.35. The Hall–Kier alpha value is -1.35. The Morgan fingerprint density at radius 1 is 1.47 bits per heavy atom. The van der Waals surface area contributed by atoms with Gasteiger partial charge in [-0.2, -0.15) is 0 Å². The lowest BCUT2D eigenvalue weighted by molar-refractivity contribution is -0.119. The number of para-hydroxylation sites is 1. The molecule has 1 aromatic rings. The molecule has 1 aromatic carbocycles. The third-order valence-electron chi connectivity index (χ3n) is 2.90. The molecule has 0 aromatic heterocycles. The van der Waals surface area contributed by atoms with Gasteiger partial charge in [-0.05, 0) is 19.0 Å². The molecule has 2 rings (SSSR count). The summed E-state index contributed by atoms with van der Waals surface area (Å²) in [6, 6.07) is 5.91. The number of amides is 1. The Morgan fingerprint density at radius 2 is 2.20 bits per heavy atom. The fraction of sp³-hybridized carbons (Fsp3) is 0.417. The average Bonchev–Trinajstić information content (AvgIpc) is 2.45. The number of hydrogen-bond donors (Lipinski definition) is 1. The molecule has 0 saturated heterocycles. The van der Waals surface area contributed by atoms with Gasteiger partial charge in [0, 0.05) is 12.6 Å². The third-order valence-corrected chi connectivity index (χ3v) is 2.90. The molecule has 0 bridgehead atoms. The molecule has 1 amide bonds. The number of carbonyl (C=O) groups is 1. The number of aryl methyl sites for hydroxylation is 1. The summed E-state index contributed by atoms with van der Waals surface area (Å²) in [6.07, 6.45) is 0. The monoisotopic (exact) mass is 204 g/mol. The summed E-state index contributed by atoms with van der Waals surface area (Å²) in [5, 5.41) is 3.22. The summed E-state index contributed by atoms with van der Waals surface area (Å²) < 4.78 is 0. The Kier molecular flexibility index (Phi) is 2.49. The number of fused-ring (bicyclic) bond motifs is 1. The van der Waals surface area contributed by atoms with Crippen molar-refractivity contribution in [3.63, 3.8) is 0 Å². The zero-order chi connectivity index (χ0) is 11.0. The molecule has 3 heteroatoms. The minimum atomic E-state index is -0.158. The van der Waals surface area contributed by atoms with Crippen molar-refractivity contribution < 1.29 is 4.79 Å². The maximum atomic E-state index is 12.0. The van der Waals surface area contributed by atoms with Crippen LogP contribution in [0.1, 0.15) is 24.1 Å². The second-order valence-electron chi connectivity index (χ2n) is 3.90. The minimum Gasteiger partial charge on any atom is -0.313 e. The molecule has 0 aliphatic carbocycles. The molecule has 1 heterocycles. The van der Waals surface area contributed by atoms with Crippen molar-refractivity contribution in [2.75, 3.05) is 18.5 Å². The first-order valence-corrected chi connectivity index (χ1v) is 5.27.